The fourth-order valence-electron chi connectivity index (χ4n) is 7.73. The second-order valence-corrected chi connectivity index (χ2v) is 17.7. The van der Waals surface area contributed by atoms with Crippen molar-refractivity contribution in [1.29, 1.82) is 0 Å². The smallest absolute Gasteiger partial charge is 1.00 e. The van der Waals surface area contributed by atoms with E-state index in [0.29, 0.717) is 30.5 Å². The monoisotopic (exact) mass is 1040 g/mol. The van der Waals surface area contributed by atoms with Gasteiger partial charge >= 0.3 is 35.2 Å². The molecule has 6 rings (SSSR count). The Labute approximate surface area is 380 Å². The minimum absolute atomic E-state index is 0. The third-order valence-electron chi connectivity index (χ3n) is 10.0. The van der Waals surface area contributed by atoms with Gasteiger partial charge < -0.3 is 18.3 Å². The van der Waals surface area contributed by atoms with Gasteiger partial charge in [0.15, 0.2) is 5.78 Å². The molecule has 2 aliphatic carbocycles. The Morgan fingerprint density at radius 1 is 0.800 bits per heavy atom. The molecule has 10 nitrogen and oxygen atoms in total. The summed E-state index contributed by atoms with van der Waals surface area (Å²) in [6, 6.07) is 8.30. The van der Waals surface area contributed by atoms with Crippen LogP contribution in [0.15, 0.2) is 45.3 Å². The van der Waals surface area contributed by atoms with Gasteiger partial charge in [-0.1, -0.05) is 31.9 Å². The molecule has 2 unspecified atom stereocenters. The van der Waals surface area contributed by atoms with Crippen LogP contribution in [-0.2, 0) is 34.7 Å². The summed E-state index contributed by atoms with van der Waals surface area (Å²) in [7, 11) is 2.89. The average Bonchev–Trinajstić information content (AvgIpc) is 3.86. The minimum Gasteiger partial charge on any atom is -1.00 e. The van der Waals surface area contributed by atoms with Crippen LogP contribution in [0.5, 0.6) is 0 Å². The molecule has 4 aliphatic rings. The number of ketones is 1. The number of hydrogen-bond donors (Lipinski definition) is 0. The van der Waals surface area contributed by atoms with Crippen LogP contribution in [0.25, 0.3) is 0 Å². The molecule has 2 saturated heterocycles. The third-order valence-corrected chi connectivity index (χ3v) is 11.0. The number of likely N-dealkylation sites (tertiary alicyclic amines) is 2. The molecule has 2 aliphatic heterocycles. The van der Waals surface area contributed by atoms with E-state index in [2.05, 4.69) is 31.9 Å². The molecule has 3 amide bonds. The van der Waals surface area contributed by atoms with E-state index in [9.17, 15) is 28.0 Å². The van der Waals surface area contributed by atoms with Crippen LogP contribution in [0, 0.1) is 30.9 Å². The van der Waals surface area contributed by atoms with E-state index in [4.69, 9.17) is 14.3 Å². The molecule has 0 spiro atoms. The van der Waals surface area contributed by atoms with Crippen LogP contribution < -0.4 is 0 Å². The van der Waals surface area contributed by atoms with E-state index in [0.717, 1.165) is 14.0 Å². The number of carbonyl (C=O) groups is 4. The Morgan fingerprint density at radius 3 is 1.51 bits per heavy atom. The number of piperidine rings is 2. The number of ether oxygens (including phenoxy) is 2. The first kappa shape index (κ1) is 51.7. The predicted octanol–water partition coefficient (Wildman–Crippen LogP) is 8.76. The standard InChI is InChI=1S/C19H24BrFN2O4.C18H21BrFNO3.CH3.ClH.HI.Mg.H/c1-18(2,3)27-17(25)23-10-19(12-8-11(20)6-7-14(12)21)9-13(19)15(23)16(24)22(4)26-5;1-10(22)15-13-8-18(13,12-7-11(19)5-6-14(12)20)9-21(15)16(23)24-17(2,3)4;;;;;/h6-8,13,15H,9-10H2,1-5H3;5-7,13,15H,8-9H2,1-4H3;1H3;2*1H;;/q;;-1;;;+2;-1/t13-,15?,19+;13-,15?,18+;;;;;/m00...../s1. The summed E-state index contributed by atoms with van der Waals surface area (Å²) in [6.07, 6.45) is 0.259. The molecule has 2 aromatic carbocycles. The van der Waals surface area contributed by atoms with E-state index >= 15 is 0 Å². The number of halogens is 6. The molecular formula is C38H51Br2ClF2IMgN3O7. The van der Waals surface area contributed by atoms with Crippen molar-refractivity contribution in [3.8, 4) is 0 Å². The van der Waals surface area contributed by atoms with Crippen molar-refractivity contribution in [2.75, 3.05) is 27.2 Å². The van der Waals surface area contributed by atoms with Gasteiger partial charge in [-0.2, -0.15) is 0 Å². The van der Waals surface area contributed by atoms with E-state index in [1.807, 2.05) is 0 Å². The SMILES string of the molecule is CC(=O)C1[C@@H]2C[C@]2(c2cc(Br)ccc2F)CN1C(=O)OC(C)(C)C.CON(C)C(=O)C1[C@@H]2C[C@]2(c2cc(Br)ccc2F)CN1C(=O)OC(C)(C)C.Cl.I.[CH3-].[H-].[Mg+2]. The predicted molar refractivity (Wildman–Crippen MR) is 228 cm³/mol. The fraction of sp³-hybridized carbons (Fsp3) is 0.553. The van der Waals surface area contributed by atoms with Gasteiger partial charge in [0.2, 0.25) is 0 Å². The number of hydroxylamine groups is 2. The fourth-order valence-corrected chi connectivity index (χ4v) is 8.45. The first-order valence-corrected chi connectivity index (χ1v) is 18.4. The van der Waals surface area contributed by atoms with Gasteiger partial charge in [0.1, 0.15) is 28.9 Å². The zero-order valence-corrected chi connectivity index (χ0v) is 40.6. The Morgan fingerprint density at radius 2 is 1.16 bits per heavy atom. The Hall–Kier alpha value is -1.31. The summed E-state index contributed by atoms with van der Waals surface area (Å²) in [4.78, 5) is 58.2. The van der Waals surface area contributed by atoms with Gasteiger partial charge in [-0.25, -0.2) is 23.4 Å². The molecule has 2 heterocycles. The number of hydrogen-bond acceptors (Lipinski definition) is 7. The van der Waals surface area contributed by atoms with E-state index in [1.54, 1.807) is 65.8 Å². The largest absolute Gasteiger partial charge is 2.00 e. The number of likely N-dealkylation sites (N-methyl/N-ethyl adjacent to an activating group) is 1. The second kappa shape index (κ2) is 18.7. The number of carbonyl (C=O) groups excluding carboxylic acids is 4. The molecule has 6 atom stereocenters. The number of Topliss-reactive ketones (excluding diaryl/α,β-unsaturated/α-hetero) is 1. The number of nitrogens with zero attached hydrogens (tertiary/aromatic N) is 3. The zero-order chi connectivity index (χ0) is 38.0. The molecule has 0 aromatic heterocycles. The molecule has 4 fully saturated rings. The van der Waals surface area contributed by atoms with Crippen LogP contribution >= 0.6 is 68.2 Å². The molecule has 0 bridgehead atoms. The Kier molecular flexibility index (Phi) is 17.6. The van der Waals surface area contributed by atoms with Crippen LogP contribution in [0.4, 0.5) is 18.4 Å². The van der Waals surface area contributed by atoms with E-state index in [-0.39, 0.29) is 110 Å². The minimum atomic E-state index is -0.747. The number of fused-ring (bicyclic) bond motifs is 2. The molecule has 2 aromatic rings. The third kappa shape index (κ3) is 10.7. The second-order valence-electron chi connectivity index (χ2n) is 15.9. The first-order valence-electron chi connectivity index (χ1n) is 16.8. The normalized spacial score (nSPS) is 25.5. The van der Waals surface area contributed by atoms with Crippen LogP contribution in [-0.4, -0.2) is 112 Å². The van der Waals surface area contributed by atoms with Crippen molar-refractivity contribution in [3.63, 3.8) is 0 Å². The molecule has 55 heavy (non-hydrogen) atoms. The van der Waals surface area contributed by atoms with Gasteiger partial charge in [0.05, 0.1) is 13.2 Å². The zero-order valence-electron chi connectivity index (χ0n) is 33.8. The molecule has 0 radical (unpaired) electrons. The maximum Gasteiger partial charge on any atom is 2.00 e. The van der Waals surface area contributed by atoms with Crippen LogP contribution in [0.3, 0.4) is 0 Å². The summed E-state index contributed by atoms with van der Waals surface area (Å²) in [5, 5.41) is 1.10. The summed E-state index contributed by atoms with van der Waals surface area (Å²) in [6.45, 7) is 12.7. The molecule has 0 N–H and O–H groups in total. The van der Waals surface area contributed by atoms with Crippen molar-refractivity contribution in [2.45, 2.75) is 95.4 Å². The Balaban J connectivity index is 0.000000997. The molecular weight excluding hydrogens is 995 g/mol. The van der Waals surface area contributed by atoms with Gasteiger partial charge in [-0.05, 0) is 115 Å². The topological polar surface area (TPSA) is 106 Å². The van der Waals surface area contributed by atoms with Gasteiger partial charge in [-0.3, -0.25) is 24.2 Å². The maximum atomic E-state index is 14.6. The van der Waals surface area contributed by atoms with Crippen LogP contribution in [0.2, 0.25) is 0 Å². The van der Waals surface area contributed by atoms with Crippen molar-refractivity contribution >= 4 is 115 Å². The first-order chi connectivity index (χ1) is 23.5. The summed E-state index contributed by atoms with van der Waals surface area (Å²) in [5.41, 5.74) is -1.32. The van der Waals surface area contributed by atoms with Crippen LogP contribution in [0.1, 0.15) is 73.9 Å². The Bertz CT molecular complexity index is 1780. The number of rotatable bonds is 5. The van der Waals surface area contributed by atoms with Gasteiger partial charge in [-0.15, -0.1) is 36.4 Å². The van der Waals surface area contributed by atoms with Crippen molar-refractivity contribution in [2.24, 2.45) is 11.8 Å². The molecule has 304 valence electrons. The van der Waals surface area contributed by atoms with E-state index < -0.39 is 46.3 Å². The summed E-state index contributed by atoms with van der Waals surface area (Å²) in [5.74, 6) is -1.29. The molecule has 2 saturated carbocycles. The van der Waals surface area contributed by atoms with Gasteiger partial charge in [0.25, 0.3) is 5.91 Å². The summed E-state index contributed by atoms with van der Waals surface area (Å²) >= 11 is 6.76. The maximum absolute atomic E-state index is 14.6. The van der Waals surface area contributed by atoms with Crippen molar-refractivity contribution in [1.82, 2.24) is 14.9 Å². The number of benzene rings is 2. The van der Waals surface area contributed by atoms with Crippen molar-refractivity contribution < 1.29 is 43.7 Å². The number of amides is 3. The quantitative estimate of drug-likeness (QED) is 0.128. The van der Waals surface area contributed by atoms with Gasteiger partial charge in [0, 0.05) is 45.8 Å². The molecule has 17 heteroatoms. The van der Waals surface area contributed by atoms with Crippen molar-refractivity contribution in [3.05, 3.63) is 75.5 Å². The average molecular weight is 1050 g/mol. The van der Waals surface area contributed by atoms with E-state index in [1.165, 1.54) is 43.0 Å². The summed E-state index contributed by atoms with van der Waals surface area (Å²) < 4.78 is 41.4.